The number of ether oxygens (including phenoxy) is 3. The molecule has 8 nitrogen and oxygen atoms in total. The maximum atomic E-state index is 13.6. The Hall–Kier alpha value is -4.37. The third-order valence-corrected chi connectivity index (χ3v) is 8.06. The van der Waals surface area contributed by atoms with Crippen LogP contribution in [0.15, 0.2) is 66.2 Å². The molecule has 1 amide bonds. The average molecular weight is 557 g/mol. The smallest absolute Gasteiger partial charge is 0.301 e. The summed E-state index contributed by atoms with van der Waals surface area (Å²) in [6.45, 7) is 7.45. The Labute approximate surface area is 235 Å². The molecule has 1 atom stereocenters. The number of benzene rings is 3. The molecule has 1 unspecified atom stereocenters. The van der Waals surface area contributed by atoms with Gasteiger partial charge in [0.15, 0.2) is 16.6 Å². The van der Waals surface area contributed by atoms with Gasteiger partial charge < -0.3 is 19.3 Å². The number of carbonyl (C=O) groups excluding carboxylic acids is 2. The Balaban J connectivity index is 1.51. The molecule has 0 radical (unpaired) electrons. The molecule has 6 rings (SSSR count). The van der Waals surface area contributed by atoms with Crippen LogP contribution >= 0.6 is 11.3 Å². The highest BCUT2D eigenvalue weighted by Crippen LogP contribution is 2.45. The number of hydrogen-bond donors (Lipinski definition) is 1. The molecule has 9 heteroatoms. The highest BCUT2D eigenvalue weighted by atomic mass is 32.1. The summed E-state index contributed by atoms with van der Waals surface area (Å²) < 4.78 is 17.7. The molecule has 2 aliphatic rings. The first-order valence-electron chi connectivity index (χ1n) is 13.2. The minimum absolute atomic E-state index is 0.00626. The van der Waals surface area contributed by atoms with Crippen LogP contribution < -0.4 is 19.1 Å². The summed E-state index contributed by atoms with van der Waals surface area (Å²) in [6, 6.07) is 17.4. The highest BCUT2D eigenvalue weighted by Gasteiger charge is 2.48. The summed E-state index contributed by atoms with van der Waals surface area (Å²) in [7, 11) is 0. The van der Waals surface area contributed by atoms with Crippen molar-refractivity contribution in [3.8, 4) is 17.2 Å². The number of anilines is 1. The molecule has 1 aromatic heterocycles. The lowest BCUT2D eigenvalue weighted by molar-refractivity contribution is -0.132. The lowest BCUT2D eigenvalue weighted by Gasteiger charge is -2.23. The van der Waals surface area contributed by atoms with E-state index in [-0.39, 0.29) is 11.3 Å². The summed E-state index contributed by atoms with van der Waals surface area (Å²) in [5.74, 6) is 0.230. The number of nitrogens with zero attached hydrogens (tertiary/aromatic N) is 2. The lowest BCUT2D eigenvalue weighted by Crippen LogP contribution is -2.29. The fourth-order valence-electron chi connectivity index (χ4n) is 5.01. The fourth-order valence-corrected chi connectivity index (χ4v) is 6.03. The summed E-state index contributed by atoms with van der Waals surface area (Å²) in [5, 5.41) is 11.9. The van der Waals surface area contributed by atoms with E-state index in [1.54, 1.807) is 18.2 Å². The Morgan fingerprint density at radius 1 is 1.05 bits per heavy atom. The van der Waals surface area contributed by atoms with Crippen LogP contribution in [0, 0.1) is 0 Å². The van der Waals surface area contributed by atoms with Gasteiger partial charge in [0.25, 0.3) is 5.78 Å². The fraction of sp³-hybridized carbons (Fsp3) is 0.258. The van der Waals surface area contributed by atoms with E-state index >= 15 is 0 Å². The topological polar surface area (TPSA) is 98.2 Å². The van der Waals surface area contributed by atoms with E-state index in [9.17, 15) is 14.7 Å². The van der Waals surface area contributed by atoms with Crippen molar-refractivity contribution in [2.24, 2.45) is 0 Å². The number of aliphatic hydroxyl groups is 1. The Morgan fingerprint density at radius 2 is 1.80 bits per heavy atom. The van der Waals surface area contributed by atoms with Gasteiger partial charge in [-0.3, -0.25) is 14.5 Å². The van der Waals surface area contributed by atoms with Crippen molar-refractivity contribution in [1.82, 2.24) is 4.98 Å². The van der Waals surface area contributed by atoms with Gasteiger partial charge in [-0.05, 0) is 60.4 Å². The van der Waals surface area contributed by atoms with Crippen LogP contribution in [0.1, 0.15) is 49.4 Å². The maximum absolute atomic E-state index is 13.6. The van der Waals surface area contributed by atoms with Gasteiger partial charge in [0.05, 0.1) is 28.4 Å². The SMILES string of the molecule is CCOc1ccc2nc(N3C(=O)C(=O)/C(=C(/O)c4ccc5c(c4)OCCO5)C3c3ccc(C(C)C)cc3)sc2c1. The van der Waals surface area contributed by atoms with Gasteiger partial charge in [0.1, 0.15) is 24.7 Å². The van der Waals surface area contributed by atoms with E-state index in [0.717, 1.165) is 10.3 Å². The first-order chi connectivity index (χ1) is 19.4. The lowest BCUT2D eigenvalue weighted by atomic mass is 9.93. The Bertz CT molecular complexity index is 1660. The molecule has 40 heavy (non-hydrogen) atoms. The molecular weight excluding hydrogens is 528 g/mol. The highest BCUT2D eigenvalue weighted by molar-refractivity contribution is 7.22. The molecule has 0 aliphatic carbocycles. The molecule has 1 N–H and O–H groups in total. The van der Waals surface area contributed by atoms with Crippen molar-refractivity contribution in [1.29, 1.82) is 0 Å². The third-order valence-electron chi connectivity index (χ3n) is 7.04. The second-order valence-electron chi connectivity index (χ2n) is 9.91. The molecule has 0 saturated carbocycles. The monoisotopic (exact) mass is 556 g/mol. The van der Waals surface area contributed by atoms with Crippen LogP contribution in [0.5, 0.6) is 17.2 Å². The zero-order valence-electron chi connectivity index (χ0n) is 22.3. The number of Topliss-reactive ketones (excluding diaryl/α,β-unsaturated/α-hetero) is 1. The largest absolute Gasteiger partial charge is 0.507 e. The average Bonchev–Trinajstić information content (AvgIpc) is 3.50. The van der Waals surface area contributed by atoms with E-state index in [1.165, 1.54) is 16.2 Å². The molecule has 204 valence electrons. The van der Waals surface area contributed by atoms with Gasteiger partial charge in [-0.1, -0.05) is 49.4 Å². The van der Waals surface area contributed by atoms with E-state index in [0.29, 0.717) is 64.8 Å². The number of hydrogen-bond acceptors (Lipinski definition) is 8. The molecular formula is C31H28N2O6S. The van der Waals surface area contributed by atoms with Crippen LogP contribution in [0.3, 0.4) is 0 Å². The second-order valence-corrected chi connectivity index (χ2v) is 10.9. The summed E-state index contributed by atoms with van der Waals surface area (Å²) in [4.78, 5) is 33.3. The van der Waals surface area contributed by atoms with Crippen LogP contribution in [-0.4, -0.2) is 41.6 Å². The van der Waals surface area contributed by atoms with E-state index in [2.05, 4.69) is 13.8 Å². The molecule has 0 bridgehead atoms. The number of rotatable bonds is 6. The Morgan fingerprint density at radius 3 is 2.52 bits per heavy atom. The molecule has 3 aromatic carbocycles. The zero-order chi connectivity index (χ0) is 28.0. The van der Waals surface area contributed by atoms with Crippen molar-refractivity contribution in [3.63, 3.8) is 0 Å². The van der Waals surface area contributed by atoms with E-state index in [1.807, 2.05) is 49.4 Å². The first-order valence-corrected chi connectivity index (χ1v) is 14.0. The Kier molecular flexibility index (Phi) is 6.67. The number of amides is 1. The van der Waals surface area contributed by atoms with E-state index in [4.69, 9.17) is 19.2 Å². The van der Waals surface area contributed by atoms with Gasteiger partial charge in [0.2, 0.25) is 0 Å². The van der Waals surface area contributed by atoms with Crippen LogP contribution in [-0.2, 0) is 9.59 Å². The second kappa shape index (κ2) is 10.3. The van der Waals surface area contributed by atoms with Gasteiger partial charge >= 0.3 is 5.91 Å². The zero-order valence-corrected chi connectivity index (χ0v) is 23.2. The molecule has 4 aromatic rings. The normalized spacial score (nSPS) is 18.1. The third kappa shape index (κ3) is 4.46. The first kappa shape index (κ1) is 25.9. The number of fused-ring (bicyclic) bond motifs is 2. The van der Waals surface area contributed by atoms with Crippen molar-refractivity contribution < 1.29 is 28.9 Å². The summed E-state index contributed by atoms with van der Waals surface area (Å²) in [6.07, 6.45) is 0. The number of ketones is 1. The summed E-state index contributed by atoms with van der Waals surface area (Å²) in [5.41, 5.74) is 2.85. The van der Waals surface area contributed by atoms with Crippen molar-refractivity contribution >= 4 is 44.1 Å². The summed E-state index contributed by atoms with van der Waals surface area (Å²) >= 11 is 1.30. The quantitative estimate of drug-likeness (QED) is 0.171. The van der Waals surface area contributed by atoms with Gasteiger partial charge in [-0.25, -0.2) is 4.98 Å². The number of aromatic nitrogens is 1. The number of thiazole rings is 1. The molecule has 2 aliphatic heterocycles. The molecule has 1 fully saturated rings. The predicted octanol–water partition coefficient (Wildman–Crippen LogP) is 6.22. The van der Waals surface area contributed by atoms with Gasteiger partial charge in [-0.2, -0.15) is 0 Å². The van der Waals surface area contributed by atoms with Crippen LogP contribution in [0.2, 0.25) is 0 Å². The minimum Gasteiger partial charge on any atom is -0.507 e. The number of aliphatic hydroxyl groups excluding tert-OH is 1. The molecule has 0 spiro atoms. The van der Waals surface area contributed by atoms with Crippen molar-refractivity contribution in [3.05, 3.63) is 82.9 Å². The van der Waals surface area contributed by atoms with Crippen molar-refractivity contribution in [2.75, 3.05) is 24.7 Å². The molecule has 1 saturated heterocycles. The number of carbonyl (C=O) groups is 2. The van der Waals surface area contributed by atoms with Gasteiger partial charge in [-0.15, -0.1) is 0 Å². The van der Waals surface area contributed by atoms with Crippen molar-refractivity contribution in [2.45, 2.75) is 32.7 Å². The minimum atomic E-state index is -0.874. The maximum Gasteiger partial charge on any atom is 0.301 e. The van der Waals surface area contributed by atoms with E-state index < -0.39 is 17.7 Å². The standard InChI is InChI=1S/C31H28N2O6S/c1-4-37-21-10-11-22-25(16-21)40-31(32-22)33-27(19-7-5-18(6-8-19)17(2)3)26(29(35)30(33)36)28(34)20-9-12-23-24(15-20)39-14-13-38-23/h5-12,15-17,27,34H,4,13-14H2,1-3H3/b28-26+. The van der Waals surface area contributed by atoms with Gasteiger partial charge in [0, 0.05) is 5.56 Å². The molecule has 3 heterocycles. The van der Waals surface area contributed by atoms with Crippen LogP contribution in [0.25, 0.3) is 16.0 Å². The predicted molar refractivity (Wildman–Crippen MR) is 154 cm³/mol. The van der Waals surface area contributed by atoms with Crippen LogP contribution in [0.4, 0.5) is 5.13 Å².